The van der Waals surface area contributed by atoms with Crippen LogP contribution in [0.25, 0.3) is 0 Å². The van der Waals surface area contributed by atoms with E-state index in [0.717, 1.165) is 12.1 Å². The lowest BCUT2D eigenvalue weighted by Gasteiger charge is -2.25. The van der Waals surface area contributed by atoms with Gasteiger partial charge in [0.1, 0.15) is 16.5 Å². The summed E-state index contributed by atoms with van der Waals surface area (Å²) >= 11 is 0. The molecule has 0 heterocycles. The summed E-state index contributed by atoms with van der Waals surface area (Å²) in [5.74, 6) is -1.88. The molecule has 0 saturated heterocycles. The molecule has 1 aromatic rings. The van der Waals surface area contributed by atoms with Crippen LogP contribution in [-0.2, 0) is 10.0 Å². The average Bonchev–Trinajstić information content (AvgIpc) is 2.39. The van der Waals surface area contributed by atoms with E-state index < -0.39 is 32.2 Å². The highest BCUT2D eigenvalue weighted by atomic mass is 32.2. The van der Waals surface area contributed by atoms with E-state index in [0.29, 0.717) is 18.9 Å². The van der Waals surface area contributed by atoms with Crippen molar-refractivity contribution in [3.63, 3.8) is 0 Å². The van der Waals surface area contributed by atoms with E-state index in [4.69, 9.17) is 0 Å². The van der Waals surface area contributed by atoms with Gasteiger partial charge >= 0.3 is 0 Å². The highest BCUT2D eigenvalue weighted by molar-refractivity contribution is 7.89. The SMILES string of the molecule is CCC(O)(CC)CNS(=O)(=O)c1cc(F)ccc1F. The highest BCUT2D eigenvalue weighted by Crippen LogP contribution is 2.18. The van der Waals surface area contributed by atoms with Crippen molar-refractivity contribution >= 4 is 10.0 Å². The molecule has 0 unspecified atom stereocenters. The number of hydrogen-bond acceptors (Lipinski definition) is 3. The second kappa shape index (κ2) is 5.94. The zero-order valence-corrected chi connectivity index (χ0v) is 11.6. The van der Waals surface area contributed by atoms with E-state index in [1.807, 2.05) is 0 Å². The minimum Gasteiger partial charge on any atom is -0.389 e. The van der Waals surface area contributed by atoms with Gasteiger partial charge in [0.15, 0.2) is 0 Å². The Kier molecular flexibility index (Phi) is 5.00. The summed E-state index contributed by atoms with van der Waals surface area (Å²) < 4.78 is 52.2. The molecule has 0 bridgehead atoms. The molecule has 0 saturated carbocycles. The molecule has 0 radical (unpaired) electrons. The van der Waals surface area contributed by atoms with Gasteiger partial charge in [-0.3, -0.25) is 0 Å². The van der Waals surface area contributed by atoms with Gasteiger partial charge in [-0.1, -0.05) is 13.8 Å². The third kappa shape index (κ3) is 3.95. The molecule has 0 aliphatic carbocycles. The normalized spacial score (nSPS) is 12.7. The third-order valence-electron chi connectivity index (χ3n) is 3.09. The van der Waals surface area contributed by atoms with E-state index in [1.54, 1.807) is 13.8 Å². The minimum atomic E-state index is -4.19. The van der Waals surface area contributed by atoms with Gasteiger partial charge in [-0.2, -0.15) is 0 Å². The summed E-state index contributed by atoms with van der Waals surface area (Å²) in [6.45, 7) is 3.17. The number of halogens is 2. The van der Waals surface area contributed by atoms with E-state index >= 15 is 0 Å². The molecule has 1 aromatic carbocycles. The monoisotopic (exact) mass is 293 g/mol. The smallest absolute Gasteiger partial charge is 0.243 e. The predicted octanol–water partition coefficient (Wildman–Crippen LogP) is 1.79. The van der Waals surface area contributed by atoms with Crippen LogP contribution in [0.1, 0.15) is 26.7 Å². The number of nitrogens with one attached hydrogen (secondary N) is 1. The van der Waals surface area contributed by atoms with Crippen molar-refractivity contribution < 1.29 is 22.3 Å². The first-order chi connectivity index (χ1) is 8.74. The summed E-state index contributed by atoms with van der Waals surface area (Å²) in [6, 6.07) is 2.19. The fourth-order valence-corrected chi connectivity index (χ4v) is 2.70. The van der Waals surface area contributed by atoms with E-state index in [2.05, 4.69) is 4.72 Å². The Labute approximate surface area is 111 Å². The quantitative estimate of drug-likeness (QED) is 0.840. The predicted molar refractivity (Wildman–Crippen MR) is 67.1 cm³/mol. The Morgan fingerprint density at radius 3 is 2.37 bits per heavy atom. The number of rotatable bonds is 6. The van der Waals surface area contributed by atoms with Crippen LogP contribution in [0.15, 0.2) is 23.1 Å². The van der Waals surface area contributed by atoms with Crippen LogP contribution in [0.3, 0.4) is 0 Å². The molecule has 4 nitrogen and oxygen atoms in total. The molecule has 0 aromatic heterocycles. The number of hydrogen-bond donors (Lipinski definition) is 2. The first-order valence-corrected chi connectivity index (χ1v) is 7.39. The summed E-state index contributed by atoms with van der Waals surface area (Å²) in [5.41, 5.74) is -1.20. The molecule has 2 N–H and O–H groups in total. The van der Waals surface area contributed by atoms with Crippen molar-refractivity contribution in [3.05, 3.63) is 29.8 Å². The van der Waals surface area contributed by atoms with Crippen LogP contribution in [0.2, 0.25) is 0 Å². The minimum absolute atomic E-state index is 0.252. The van der Waals surface area contributed by atoms with Crippen molar-refractivity contribution in [1.29, 1.82) is 0 Å². The van der Waals surface area contributed by atoms with Crippen LogP contribution >= 0.6 is 0 Å². The van der Waals surface area contributed by atoms with Gasteiger partial charge in [0.05, 0.1) is 5.60 Å². The highest BCUT2D eigenvalue weighted by Gasteiger charge is 2.27. The van der Waals surface area contributed by atoms with E-state index in [-0.39, 0.29) is 6.54 Å². The zero-order chi connectivity index (χ0) is 14.7. The van der Waals surface area contributed by atoms with Crippen molar-refractivity contribution in [2.75, 3.05) is 6.54 Å². The standard InChI is InChI=1S/C12H17F2NO3S/c1-3-12(16,4-2)8-15-19(17,18)11-7-9(13)5-6-10(11)14/h5-7,15-16H,3-4,8H2,1-2H3. The van der Waals surface area contributed by atoms with Crippen LogP contribution in [0.4, 0.5) is 8.78 Å². The number of aliphatic hydroxyl groups is 1. The number of sulfonamides is 1. The third-order valence-corrected chi connectivity index (χ3v) is 4.51. The van der Waals surface area contributed by atoms with Gasteiger partial charge in [0.25, 0.3) is 0 Å². The van der Waals surface area contributed by atoms with Crippen molar-refractivity contribution in [1.82, 2.24) is 4.72 Å². The Hall–Kier alpha value is -1.05. The Balaban J connectivity index is 2.96. The number of benzene rings is 1. The van der Waals surface area contributed by atoms with Gasteiger partial charge in [-0.15, -0.1) is 0 Å². The van der Waals surface area contributed by atoms with Gasteiger partial charge < -0.3 is 5.11 Å². The maximum atomic E-state index is 13.4. The molecule has 0 fully saturated rings. The van der Waals surface area contributed by atoms with Gasteiger partial charge in [0, 0.05) is 6.54 Å². The lowest BCUT2D eigenvalue weighted by molar-refractivity contribution is 0.0377. The molecule has 0 spiro atoms. The van der Waals surface area contributed by atoms with Crippen LogP contribution in [-0.4, -0.2) is 25.7 Å². The maximum Gasteiger partial charge on any atom is 0.243 e. The van der Waals surface area contributed by atoms with Gasteiger partial charge in [-0.05, 0) is 31.0 Å². The Morgan fingerprint density at radius 1 is 1.26 bits per heavy atom. The Morgan fingerprint density at radius 2 is 1.84 bits per heavy atom. The lowest BCUT2D eigenvalue weighted by Crippen LogP contribution is -2.42. The second-order valence-electron chi connectivity index (χ2n) is 4.33. The molecule has 0 amide bonds. The molecule has 1 rings (SSSR count). The maximum absolute atomic E-state index is 13.4. The molecule has 7 heteroatoms. The molecule has 0 atom stereocenters. The van der Waals surface area contributed by atoms with Crippen molar-refractivity contribution in [2.45, 2.75) is 37.2 Å². The molecule has 0 aliphatic rings. The van der Waals surface area contributed by atoms with E-state index in [9.17, 15) is 22.3 Å². The first kappa shape index (κ1) is 16.0. The average molecular weight is 293 g/mol. The van der Waals surface area contributed by atoms with Crippen LogP contribution < -0.4 is 4.72 Å². The molecule has 0 aliphatic heterocycles. The second-order valence-corrected chi connectivity index (χ2v) is 6.07. The summed E-state index contributed by atoms with van der Waals surface area (Å²) in [6.07, 6.45) is 0.690. The fourth-order valence-electron chi connectivity index (χ4n) is 1.49. The van der Waals surface area contributed by atoms with Crippen LogP contribution in [0, 0.1) is 11.6 Å². The van der Waals surface area contributed by atoms with Crippen molar-refractivity contribution in [3.8, 4) is 0 Å². The zero-order valence-electron chi connectivity index (χ0n) is 10.8. The molecule has 108 valence electrons. The summed E-state index contributed by atoms with van der Waals surface area (Å²) in [4.78, 5) is -0.762. The van der Waals surface area contributed by atoms with Crippen molar-refractivity contribution in [2.24, 2.45) is 0 Å². The molecule has 19 heavy (non-hydrogen) atoms. The largest absolute Gasteiger partial charge is 0.389 e. The lowest BCUT2D eigenvalue weighted by atomic mass is 9.98. The molecular formula is C12H17F2NO3S. The van der Waals surface area contributed by atoms with Crippen LogP contribution in [0.5, 0.6) is 0 Å². The summed E-state index contributed by atoms with van der Waals surface area (Å²) in [5, 5.41) is 9.97. The van der Waals surface area contributed by atoms with Gasteiger partial charge in [0.2, 0.25) is 10.0 Å². The topological polar surface area (TPSA) is 66.4 Å². The molecular weight excluding hydrogens is 276 g/mol. The summed E-state index contributed by atoms with van der Waals surface area (Å²) in [7, 11) is -4.19. The van der Waals surface area contributed by atoms with E-state index in [1.165, 1.54) is 0 Å². The van der Waals surface area contributed by atoms with Gasteiger partial charge in [-0.25, -0.2) is 21.9 Å². The first-order valence-electron chi connectivity index (χ1n) is 5.91. The Bertz CT molecular complexity index is 542. The fraction of sp³-hybridized carbons (Fsp3) is 0.500.